The number of nitrogens with one attached hydrogen (secondary N) is 1. The van der Waals surface area contributed by atoms with Gasteiger partial charge in [-0.3, -0.25) is 0 Å². The number of rotatable bonds is 2. The summed E-state index contributed by atoms with van der Waals surface area (Å²) >= 11 is 2.00. The Kier molecular flexibility index (Phi) is 2.47. The van der Waals surface area contributed by atoms with Crippen LogP contribution in [0.4, 0.5) is 0 Å². The molecule has 1 nitrogen and oxygen atoms in total. The van der Waals surface area contributed by atoms with Crippen molar-refractivity contribution in [2.24, 2.45) is 0 Å². The van der Waals surface area contributed by atoms with E-state index in [0.29, 0.717) is 0 Å². The molecule has 0 saturated carbocycles. The predicted molar refractivity (Wildman–Crippen MR) is 53.7 cm³/mol. The monoisotopic (exact) mass is 181 g/mol. The standard InChI is InChI=1S/C10H15NS/c1-2-3-9-6-8-4-5-11-7-10(8)12-9/h6,11H,2-5,7H2,1H3. The first-order chi connectivity index (χ1) is 5.90. The number of aryl methyl sites for hydroxylation is 1. The molecule has 0 spiro atoms. The molecule has 1 aromatic heterocycles. The first-order valence-electron chi connectivity index (χ1n) is 4.71. The Morgan fingerprint density at radius 1 is 1.58 bits per heavy atom. The van der Waals surface area contributed by atoms with Gasteiger partial charge in [0, 0.05) is 16.3 Å². The van der Waals surface area contributed by atoms with Crippen molar-refractivity contribution in [3.63, 3.8) is 0 Å². The van der Waals surface area contributed by atoms with Gasteiger partial charge < -0.3 is 5.32 Å². The molecule has 1 aromatic rings. The summed E-state index contributed by atoms with van der Waals surface area (Å²) in [6.45, 7) is 4.51. The Morgan fingerprint density at radius 2 is 2.50 bits per heavy atom. The number of thiophene rings is 1. The number of hydrogen-bond acceptors (Lipinski definition) is 2. The van der Waals surface area contributed by atoms with E-state index in [1.54, 1.807) is 15.3 Å². The van der Waals surface area contributed by atoms with E-state index >= 15 is 0 Å². The maximum absolute atomic E-state index is 3.41. The fourth-order valence-electron chi connectivity index (χ4n) is 1.68. The van der Waals surface area contributed by atoms with Gasteiger partial charge >= 0.3 is 0 Å². The smallest absolute Gasteiger partial charge is 0.0302 e. The third-order valence-corrected chi connectivity index (χ3v) is 3.54. The summed E-state index contributed by atoms with van der Waals surface area (Å²) in [6, 6.07) is 2.41. The lowest BCUT2D eigenvalue weighted by Gasteiger charge is -2.10. The molecule has 0 aromatic carbocycles. The van der Waals surface area contributed by atoms with Crippen LogP contribution in [0.1, 0.15) is 28.7 Å². The van der Waals surface area contributed by atoms with E-state index in [1.165, 1.54) is 19.3 Å². The lowest BCUT2D eigenvalue weighted by molar-refractivity contribution is 0.654. The van der Waals surface area contributed by atoms with Crippen LogP contribution in [0.25, 0.3) is 0 Å². The Bertz CT molecular complexity index is 241. The minimum absolute atomic E-state index is 1.10. The molecule has 1 aliphatic heterocycles. The molecule has 2 rings (SSSR count). The summed E-state index contributed by atoms with van der Waals surface area (Å²) in [5, 5.41) is 3.41. The van der Waals surface area contributed by atoms with Gasteiger partial charge in [0.15, 0.2) is 0 Å². The second-order valence-electron chi connectivity index (χ2n) is 3.34. The van der Waals surface area contributed by atoms with E-state index in [2.05, 4.69) is 18.3 Å². The fraction of sp³-hybridized carbons (Fsp3) is 0.600. The van der Waals surface area contributed by atoms with Crippen molar-refractivity contribution in [1.29, 1.82) is 0 Å². The average molecular weight is 181 g/mol. The fourth-order valence-corrected chi connectivity index (χ4v) is 2.97. The van der Waals surface area contributed by atoms with Gasteiger partial charge in [0.05, 0.1) is 0 Å². The lowest BCUT2D eigenvalue weighted by Crippen LogP contribution is -2.21. The molecule has 0 amide bonds. The molecule has 0 atom stereocenters. The topological polar surface area (TPSA) is 12.0 Å². The average Bonchev–Trinajstić information content (AvgIpc) is 2.47. The minimum Gasteiger partial charge on any atom is -0.312 e. The van der Waals surface area contributed by atoms with Crippen LogP contribution in [0, 0.1) is 0 Å². The summed E-state index contributed by atoms with van der Waals surface area (Å²) in [5.41, 5.74) is 1.60. The highest BCUT2D eigenvalue weighted by atomic mass is 32.1. The molecular formula is C10H15NS. The van der Waals surface area contributed by atoms with Crippen molar-refractivity contribution < 1.29 is 0 Å². The molecule has 0 aliphatic carbocycles. The largest absolute Gasteiger partial charge is 0.312 e. The van der Waals surface area contributed by atoms with Crippen LogP contribution in [0.2, 0.25) is 0 Å². The van der Waals surface area contributed by atoms with E-state index in [4.69, 9.17) is 0 Å². The van der Waals surface area contributed by atoms with Crippen molar-refractivity contribution in [2.75, 3.05) is 6.54 Å². The van der Waals surface area contributed by atoms with Gasteiger partial charge in [0.2, 0.25) is 0 Å². The third-order valence-electron chi connectivity index (χ3n) is 2.30. The highest BCUT2D eigenvalue weighted by Gasteiger charge is 2.11. The summed E-state index contributed by atoms with van der Waals surface area (Å²) < 4.78 is 0. The first kappa shape index (κ1) is 8.27. The second-order valence-corrected chi connectivity index (χ2v) is 4.56. The zero-order valence-corrected chi connectivity index (χ0v) is 8.34. The molecule has 0 unspecified atom stereocenters. The third kappa shape index (κ3) is 1.54. The Hall–Kier alpha value is -0.340. The summed E-state index contributed by atoms with van der Waals surface area (Å²) in [5.74, 6) is 0. The molecule has 66 valence electrons. The van der Waals surface area contributed by atoms with E-state index in [1.807, 2.05) is 11.3 Å². The van der Waals surface area contributed by atoms with Crippen molar-refractivity contribution >= 4 is 11.3 Å². The highest BCUT2D eigenvalue weighted by molar-refractivity contribution is 7.12. The maximum Gasteiger partial charge on any atom is 0.0302 e. The molecule has 0 radical (unpaired) electrons. The maximum atomic E-state index is 3.41. The van der Waals surface area contributed by atoms with Crippen LogP contribution >= 0.6 is 11.3 Å². The zero-order chi connectivity index (χ0) is 8.39. The van der Waals surface area contributed by atoms with Gasteiger partial charge in [-0.2, -0.15) is 0 Å². The molecule has 2 heterocycles. The normalized spacial score (nSPS) is 16.1. The van der Waals surface area contributed by atoms with Crippen molar-refractivity contribution in [1.82, 2.24) is 5.32 Å². The van der Waals surface area contributed by atoms with Crippen LogP contribution in [0.5, 0.6) is 0 Å². The summed E-state index contributed by atoms with van der Waals surface area (Å²) in [6.07, 6.45) is 3.76. The van der Waals surface area contributed by atoms with Crippen LogP contribution in [-0.2, 0) is 19.4 Å². The van der Waals surface area contributed by atoms with Crippen LogP contribution in [0.15, 0.2) is 6.07 Å². The van der Waals surface area contributed by atoms with Gasteiger partial charge in [-0.25, -0.2) is 0 Å². The van der Waals surface area contributed by atoms with E-state index in [9.17, 15) is 0 Å². The van der Waals surface area contributed by atoms with Crippen LogP contribution < -0.4 is 5.32 Å². The van der Waals surface area contributed by atoms with Crippen LogP contribution in [-0.4, -0.2) is 6.54 Å². The van der Waals surface area contributed by atoms with Crippen molar-refractivity contribution in [3.8, 4) is 0 Å². The molecular weight excluding hydrogens is 166 g/mol. The molecule has 2 heteroatoms. The Balaban J connectivity index is 2.20. The first-order valence-corrected chi connectivity index (χ1v) is 5.53. The van der Waals surface area contributed by atoms with E-state index < -0.39 is 0 Å². The van der Waals surface area contributed by atoms with Crippen molar-refractivity contribution in [2.45, 2.75) is 32.7 Å². The lowest BCUT2D eigenvalue weighted by atomic mass is 10.1. The number of fused-ring (bicyclic) bond motifs is 1. The molecule has 1 aliphatic rings. The number of hydrogen-bond donors (Lipinski definition) is 1. The van der Waals surface area contributed by atoms with Gasteiger partial charge in [-0.15, -0.1) is 11.3 Å². The summed E-state index contributed by atoms with van der Waals surface area (Å²) in [4.78, 5) is 3.15. The highest BCUT2D eigenvalue weighted by Crippen LogP contribution is 2.25. The van der Waals surface area contributed by atoms with E-state index in [-0.39, 0.29) is 0 Å². The zero-order valence-electron chi connectivity index (χ0n) is 7.52. The molecule has 0 fully saturated rings. The van der Waals surface area contributed by atoms with Gasteiger partial charge in [0.1, 0.15) is 0 Å². The van der Waals surface area contributed by atoms with Gasteiger partial charge in [-0.1, -0.05) is 13.3 Å². The minimum atomic E-state index is 1.10. The Morgan fingerprint density at radius 3 is 3.25 bits per heavy atom. The molecule has 12 heavy (non-hydrogen) atoms. The van der Waals surface area contributed by atoms with Gasteiger partial charge in [0.25, 0.3) is 0 Å². The molecule has 0 saturated heterocycles. The quantitative estimate of drug-likeness (QED) is 0.738. The Labute approximate surface area is 77.8 Å². The predicted octanol–water partition coefficient (Wildman–Crippen LogP) is 2.35. The second kappa shape index (κ2) is 3.58. The molecule has 1 N–H and O–H groups in total. The van der Waals surface area contributed by atoms with Gasteiger partial charge in [-0.05, 0) is 31.0 Å². The van der Waals surface area contributed by atoms with E-state index in [0.717, 1.165) is 13.1 Å². The SMILES string of the molecule is CCCc1cc2c(s1)CNCC2. The van der Waals surface area contributed by atoms with Crippen LogP contribution in [0.3, 0.4) is 0 Å². The summed E-state index contributed by atoms with van der Waals surface area (Å²) in [7, 11) is 0. The van der Waals surface area contributed by atoms with Crippen molar-refractivity contribution in [3.05, 3.63) is 21.4 Å². The molecule has 0 bridgehead atoms.